The zero-order valence-electron chi connectivity index (χ0n) is 12.8. The molecule has 1 fully saturated rings. The lowest BCUT2D eigenvalue weighted by Crippen LogP contribution is -2.39. The van der Waals surface area contributed by atoms with Gasteiger partial charge in [-0.2, -0.15) is 0 Å². The molecule has 3 atom stereocenters. The van der Waals surface area contributed by atoms with Crippen LogP contribution in [0.25, 0.3) is 0 Å². The summed E-state index contributed by atoms with van der Waals surface area (Å²) < 4.78 is 0. The van der Waals surface area contributed by atoms with Gasteiger partial charge < -0.3 is 4.90 Å². The fourth-order valence-electron chi connectivity index (χ4n) is 5.75. The number of hydrogen-bond acceptors (Lipinski definition) is 1. The molecule has 1 unspecified atom stereocenters. The SMILES string of the molecule is CN1C[C@@H]2c3ccccc3C3(C)C[C@@]2(C1)c1ccccc13. The van der Waals surface area contributed by atoms with E-state index < -0.39 is 0 Å². The number of nitrogens with zero attached hydrogens (tertiary/aromatic N) is 1. The van der Waals surface area contributed by atoms with Gasteiger partial charge in [-0.3, -0.25) is 0 Å². The summed E-state index contributed by atoms with van der Waals surface area (Å²) in [5, 5.41) is 0. The predicted molar refractivity (Wildman–Crippen MR) is 85.9 cm³/mol. The van der Waals surface area contributed by atoms with Gasteiger partial charge in [-0.1, -0.05) is 55.5 Å². The Morgan fingerprint density at radius 1 is 0.952 bits per heavy atom. The lowest BCUT2D eigenvalue weighted by molar-refractivity contribution is 0.313. The predicted octanol–water partition coefficient (Wildman–Crippen LogP) is 3.68. The van der Waals surface area contributed by atoms with Gasteiger partial charge in [0.25, 0.3) is 0 Å². The van der Waals surface area contributed by atoms with Crippen LogP contribution < -0.4 is 0 Å². The molecule has 0 N–H and O–H groups in total. The van der Waals surface area contributed by atoms with Crippen LogP contribution in [0, 0.1) is 0 Å². The van der Waals surface area contributed by atoms with Crippen molar-refractivity contribution in [2.75, 3.05) is 20.1 Å². The Balaban J connectivity index is 1.91. The number of fused-ring (bicyclic) bond motifs is 3. The van der Waals surface area contributed by atoms with Crippen LogP contribution in [0.4, 0.5) is 0 Å². The first kappa shape index (κ1) is 12.0. The summed E-state index contributed by atoms with van der Waals surface area (Å²) in [5.41, 5.74) is 6.93. The fourth-order valence-corrected chi connectivity index (χ4v) is 5.75. The number of rotatable bonds is 0. The van der Waals surface area contributed by atoms with E-state index in [9.17, 15) is 0 Å². The Labute approximate surface area is 126 Å². The van der Waals surface area contributed by atoms with Crippen LogP contribution in [0.2, 0.25) is 0 Å². The van der Waals surface area contributed by atoms with E-state index in [1.165, 1.54) is 19.5 Å². The number of likely N-dealkylation sites (N-methyl/N-ethyl adjacent to an activating group) is 1. The minimum Gasteiger partial charge on any atom is -0.305 e. The highest BCUT2D eigenvalue weighted by Gasteiger charge is 2.61. The number of benzene rings is 2. The highest BCUT2D eigenvalue weighted by molar-refractivity contribution is 5.61. The second-order valence-electron chi connectivity index (χ2n) is 7.55. The standard InChI is InChI=1S/C20H21N/c1-19-12-20(17-10-6-5-9-16(17)19)13-21(2)11-18(20)14-7-3-4-8-15(14)19/h3-10,18H,11-13H2,1-2H3/t18-,19?,20-/m1/s1. The number of likely N-dealkylation sites (tertiary alicyclic amines) is 1. The zero-order valence-corrected chi connectivity index (χ0v) is 12.8. The van der Waals surface area contributed by atoms with E-state index in [0.717, 1.165) is 0 Å². The first-order chi connectivity index (χ1) is 10.2. The quantitative estimate of drug-likeness (QED) is 0.709. The summed E-state index contributed by atoms with van der Waals surface area (Å²) in [6.07, 6.45) is 1.28. The molecule has 2 aromatic rings. The van der Waals surface area contributed by atoms with Gasteiger partial charge in [0.15, 0.2) is 0 Å². The molecule has 0 saturated carbocycles. The molecule has 106 valence electrons. The van der Waals surface area contributed by atoms with E-state index in [1.807, 2.05) is 0 Å². The molecule has 1 nitrogen and oxygen atoms in total. The molecular formula is C20H21N. The van der Waals surface area contributed by atoms with Crippen molar-refractivity contribution in [1.29, 1.82) is 0 Å². The van der Waals surface area contributed by atoms with E-state index in [1.54, 1.807) is 22.3 Å². The van der Waals surface area contributed by atoms with Gasteiger partial charge in [-0.15, -0.1) is 0 Å². The van der Waals surface area contributed by atoms with Gasteiger partial charge in [0.2, 0.25) is 0 Å². The minimum atomic E-state index is 0.203. The summed E-state index contributed by atoms with van der Waals surface area (Å²) in [7, 11) is 2.29. The molecule has 0 amide bonds. The summed E-state index contributed by atoms with van der Waals surface area (Å²) in [4.78, 5) is 2.54. The topological polar surface area (TPSA) is 3.24 Å². The molecule has 0 radical (unpaired) electrons. The van der Waals surface area contributed by atoms with Crippen LogP contribution in [0.3, 0.4) is 0 Å². The van der Waals surface area contributed by atoms with Crippen molar-refractivity contribution in [1.82, 2.24) is 4.90 Å². The van der Waals surface area contributed by atoms with Crippen LogP contribution in [-0.4, -0.2) is 25.0 Å². The first-order valence-corrected chi connectivity index (χ1v) is 8.03. The van der Waals surface area contributed by atoms with Crippen molar-refractivity contribution in [2.45, 2.75) is 30.1 Å². The van der Waals surface area contributed by atoms with Crippen molar-refractivity contribution in [3.05, 3.63) is 70.8 Å². The molecule has 5 rings (SSSR count). The van der Waals surface area contributed by atoms with Gasteiger partial charge in [-0.05, 0) is 35.7 Å². The Kier molecular flexibility index (Phi) is 2.05. The third-order valence-corrected chi connectivity index (χ3v) is 6.37. The van der Waals surface area contributed by atoms with Crippen LogP contribution in [0.15, 0.2) is 48.5 Å². The Hall–Kier alpha value is -1.60. The van der Waals surface area contributed by atoms with Gasteiger partial charge in [-0.25, -0.2) is 0 Å². The van der Waals surface area contributed by atoms with Crippen molar-refractivity contribution in [2.24, 2.45) is 0 Å². The molecule has 2 bridgehead atoms. The lowest BCUT2D eigenvalue weighted by Gasteiger charge is -2.41. The van der Waals surface area contributed by atoms with Gasteiger partial charge in [0.1, 0.15) is 0 Å². The van der Waals surface area contributed by atoms with Crippen molar-refractivity contribution < 1.29 is 0 Å². The maximum atomic E-state index is 2.54. The maximum Gasteiger partial charge on any atom is 0.0189 e. The largest absolute Gasteiger partial charge is 0.305 e. The molecule has 2 aliphatic carbocycles. The average Bonchev–Trinajstić information content (AvgIpc) is 2.95. The molecule has 3 aliphatic rings. The van der Waals surface area contributed by atoms with Crippen LogP contribution >= 0.6 is 0 Å². The molecule has 1 spiro atoms. The third kappa shape index (κ3) is 1.23. The zero-order chi connectivity index (χ0) is 14.2. The van der Waals surface area contributed by atoms with E-state index in [2.05, 4.69) is 67.4 Å². The highest BCUT2D eigenvalue weighted by atomic mass is 15.1. The van der Waals surface area contributed by atoms with Crippen LogP contribution in [0.1, 0.15) is 41.5 Å². The summed E-state index contributed by atoms with van der Waals surface area (Å²) in [6, 6.07) is 18.4. The van der Waals surface area contributed by atoms with Gasteiger partial charge in [0.05, 0.1) is 0 Å². The smallest absolute Gasteiger partial charge is 0.0189 e. The van der Waals surface area contributed by atoms with E-state index >= 15 is 0 Å². The van der Waals surface area contributed by atoms with E-state index in [0.29, 0.717) is 11.3 Å². The third-order valence-electron chi connectivity index (χ3n) is 6.37. The first-order valence-electron chi connectivity index (χ1n) is 8.03. The van der Waals surface area contributed by atoms with Crippen molar-refractivity contribution in [3.63, 3.8) is 0 Å². The molecule has 1 aliphatic heterocycles. The second kappa shape index (κ2) is 3.59. The lowest BCUT2D eigenvalue weighted by atomic mass is 9.61. The van der Waals surface area contributed by atoms with Crippen LogP contribution in [-0.2, 0) is 10.8 Å². The second-order valence-corrected chi connectivity index (χ2v) is 7.55. The molecule has 1 heteroatoms. The number of hydrogen-bond donors (Lipinski definition) is 0. The molecule has 1 saturated heterocycles. The van der Waals surface area contributed by atoms with Crippen molar-refractivity contribution >= 4 is 0 Å². The van der Waals surface area contributed by atoms with Crippen LogP contribution in [0.5, 0.6) is 0 Å². The van der Waals surface area contributed by atoms with E-state index in [4.69, 9.17) is 0 Å². The highest BCUT2D eigenvalue weighted by Crippen LogP contribution is 2.65. The maximum absolute atomic E-state index is 2.54. The monoisotopic (exact) mass is 275 g/mol. The molecular weight excluding hydrogens is 254 g/mol. The Morgan fingerprint density at radius 2 is 1.62 bits per heavy atom. The summed E-state index contributed by atoms with van der Waals surface area (Å²) >= 11 is 0. The molecule has 1 heterocycles. The summed E-state index contributed by atoms with van der Waals surface area (Å²) in [5.74, 6) is 0.662. The molecule has 0 aromatic heterocycles. The summed E-state index contributed by atoms with van der Waals surface area (Å²) in [6.45, 7) is 4.87. The van der Waals surface area contributed by atoms with Crippen molar-refractivity contribution in [3.8, 4) is 0 Å². The van der Waals surface area contributed by atoms with Gasteiger partial charge in [0, 0.05) is 29.8 Å². The average molecular weight is 275 g/mol. The molecule has 2 aromatic carbocycles. The van der Waals surface area contributed by atoms with E-state index in [-0.39, 0.29) is 5.41 Å². The normalized spacial score (nSPS) is 36.2. The Bertz CT molecular complexity index is 736. The Morgan fingerprint density at radius 3 is 2.43 bits per heavy atom. The van der Waals surface area contributed by atoms with Gasteiger partial charge >= 0.3 is 0 Å². The molecule has 21 heavy (non-hydrogen) atoms. The minimum absolute atomic E-state index is 0.203. The fraction of sp³-hybridized carbons (Fsp3) is 0.400.